The van der Waals surface area contributed by atoms with Crippen LogP contribution in [0.15, 0.2) is 35.2 Å². The van der Waals surface area contributed by atoms with E-state index in [1.165, 1.54) is 15.3 Å². The molecule has 2 aromatic carbocycles. The molecule has 2 aromatic rings. The van der Waals surface area contributed by atoms with Crippen LogP contribution in [-0.2, 0) is 14.8 Å². The minimum atomic E-state index is -3.84. The van der Waals surface area contributed by atoms with Crippen molar-refractivity contribution in [1.82, 2.24) is 9.21 Å². The van der Waals surface area contributed by atoms with Gasteiger partial charge in [0.25, 0.3) is 5.91 Å². The van der Waals surface area contributed by atoms with Gasteiger partial charge in [-0.2, -0.15) is 4.31 Å². The van der Waals surface area contributed by atoms with Crippen molar-refractivity contribution >= 4 is 15.9 Å². The third-order valence-corrected chi connectivity index (χ3v) is 8.54. The van der Waals surface area contributed by atoms with Gasteiger partial charge in [-0.3, -0.25) is 4.79 Å². The van der Waals surface area contributed by atoms with Gasteiger partial charge < -0.3 is 9.64 Å². The SMILES string of the molecule is Cc1cc(C)c(S(=O)(=O)N2CCOC23CCN(C(=O)c2c(F)cccc2F)CC3)c(C)c1. The fraction of sp³-hybridized carbons (Fsp3) is 0.435. The van der Waals surface area contributed by atoms with Crippen LogP contribution in [-0.4, -0.2) is 55.5 Å². The molecule has 2 aliphatic rings. The zero-order chi connectivity index (χ0) is 23.3. The minimum Gasteiger partial charge on any atom is -0.358 e. The Balaban J connectivity index is 1.59. The molecule has 0 N–H and O–H groups in total. The second-order valence-corrected chi connectivity index (χ2v) is 10.3. The Morgan fingerprint density at radius 1 is 1.00 bits per heavy atom. The second-order valence-electron chi connectivity index (χ2n) is 8.49. The molecule has 2 aliphatic heterocycles. The third-order valence-electron chi connectivity index (χ3n) is 6.28. The standard InChI is InChI=1S/C23H26F2N2O4S/c1-15-13-16(2)21(17(3)14-15)32(29,30)27-11-12-31-23(27)7-9-26(10-8-23)22(28)20-18(24)5-4-6-19(20)25/h4-6,13-14H,7-12H2,1-3H3. The van der Waals surface area contributed by atoms with E-state index in [4.69, 9.17) is 4.74 Å². The maximum atomic E-state index is 14.1. The molecule has 0 saturated carbocycles. The number of halogens is 2. The number of piperidine rings is 1. The van der Waals surface area contributed by atoms with Crippen LogP contribution >= 0.6 is 0 Å². The summed E-state index contributed by atoms with van der Waals surface area (Å²) in [5, 5.41) is 0. The molecular weight excluding hydrogens is 438 g/mol. The Hall–Kier alpha value is -2.36. The summed E-state index contributed by atoms with van der Waals surface area (Å²) >= 11 is 0. The van der Waals surface area contributed by atoms with Crippen molar-refractivity contribution < 1.29 is 26.7 Å². The van der Waals surface area contributed by atoms with Crippen molar-refractivity contribution in [3.05, 3.63) is 64.2 Å². The summed E-state index contributed by atoms with van der Waals surface area (Å²) < 4.78 is 62.8. The molecule has 2 heterocycles. The first kappa shape index (κ1) is 22.8. The molecule has 6 nitrogen and oxygen atoms in total. The van der Waals surface area contributed by atoms with E-state index in [0.717, 1.165) is 17.7 Å². The summed E-state index contributed by atoms with van der Waals surface area (Å²) in [4.78, 5) is 14.4. The fourth-order valence-electron chi connectivity index (χ4n) is 4.93. The van der Waals surface area contributed by atoms with Gasteiger partial charge in [0.2, 0.25) is 10.0 Å². The average molecular weight is 465 g/mol. The van der Waals surface area contributed by atoms with E-state index in [2.05, 4.69) is 0 Å². The molecular formula is C23H26F2N2O4S. The molecule has 9 heteroatoms. The van der Waals surface area contributed by atoms with Crippen molar-refractivity contribution in [1.29, 1.82) is 0 Å². The lowest BCUT2D eigenvalue weighted by Gasteiger charge is -2.43. The molecule has 1 amide bonds. The molecule has 32 heavy (non-hydrogen) atoms. The van der Waals surface area contributed by atoms with Gasteiger partial charge in [-0.25, -0.2) is 17.2 Å². The number of carbonyl (C=O) groups excluding carboxylic acids is 1. The Morgan fingerprint density at radius 2 is 1.56 bits per heavy atom. The fourth-order valence-corrected chi connectivity index (χ4v) is 7.07. The maximum absolute atomic E-state index is 14.1. The Kier molecular flexibility index (Phi) is 5.85. The zero-order valence-corrected chi connectivity index (χ0v) is 19.1. The van der Waals surface area contributed by atoms with E-state index >= 15 is 0 Å². The molecule has 2 saturated heterocycles. The molecule has 4 rings (SSSR count). The van der Waals surface area contributed by atoms with Crippen molar-refractivity contribution in [2.24, 2.45) is 0 Å². The van der Waals surface area contributed by atoms with Crippen LogP contribution in [0.25, 0.3) is 0 Å². The first-order valence-corrected chi connectivity index (χ1v) is 12.0. The highest BCUT2D eigenvalue weighted by atomic mass is 32.2. The third kappa shape index (κ3) is 3.72. The topological polar surface area (TPSA) is 66.9 Å². The summed E-state index contributed by atoms with van der Waals surface area (Å²) in [7, 11) is -3.84. The lowest BCUT2D eigenvalue weighted by molar-refractivity contribution is -0.0857. The highest BCUT2D eigenvalue weighted by molar-refractivity contribution is 7.89. The van der Waals surface area contributed by atoms with Crippen molar-refractivity contribution in [2.45, 2.75) is 44.2 Å². The molecule has 0 aromatic heterocycles. The normalized spacial score (nSPS) is 19.0. The molecule has 2 fully saturated rings. The van der Waals surface area contributed by atoms with Gasteiger partial charge in [-0.1, -0.05) is 23.8 Å². The van der Waals surface area contributed by atoms with Crippen LogP contribution in [0, 0.1) is 32.4 Å². The quantitative estimate of drug-likeness (QED) is 0.697. The highest BCUT2D eigenvalue weighted by Gasteiger charge is 2.51. The number of ether oxygens (including phenoxy) is 1. The van der Waals surface area contributed by atoms with E-state index in [-0.39, 0.29) is 44.0 Å². The van der Waals surface area contributed by atoms with E-state index < -0.39 is 38.9 Å². The van der Waals surface area contributed by atoms with Gasteiger partial charge in [0.05, 0.1) is 11.5 Å². The summed E-state index contributed by atoms with van der Waals surface area (Å²) in [6, 6.07) is 6.98. The van der Waals surface area contributed by atoms with Crippen LogP contribution < -0.4 is 0 Å². The smallest absolute Gasteiger partial charge is 0.259 e. The van der Waals surface area contributed by atoms with Crippen LogP contribution in [0.5, 0.6) is 0 Å². The molecule has 1 spiro atoms. The molecule has 0 atom stereocenters. The van der Waals surface area contributed by atoms with Gasteiger partial charge in [0.1, 0.15) is 22.9 Å². The van der Waals surface area contributed by atoms with E-state index in [0.29, 0.717) is 11.1 Å². The summed E-state index contributed by atoms with van der Waals surface area (Å²) in [6.07, 6.45) is 0.440. The van der Waals surface area contributed by atoms with Gasteiger partial charge in [-0.15, -0.1) is 0 Å². The summed E-state index contributed by atoms with van der Waals surface area (Å²) in [6.45, 7) is 6.20. The lowest BCUT2D eigenvalue weighted by Crippen LogP contribution is -2.55. The summed E-state index contributed by atoms with van der Waals surface area (Å²) in [5.41, 5.74) is 0.664. The van der Waals surface area contributed by atoms with E-state index in [1.807, 2.05) is 19.1 Å². The monoisotopic (exact) mass is 464 g/mol. The second kappa shape index (κ2) is 8.20. The minimum absolute atomic E-state index is 0.129. The van der Waals surface area contributed by atoms with Crippen molar-refractivity contribution in [2.75, 3.05) is 26.2 Å². The van der Waals surface area contributed by atoms with E-state index in [1.54, 1.807) is 13.8 Å². The number of hydrogen-bond acceptors (Lipinski definition) is 4. The van der Waals surface area contributed by atoms with Crippen LogP contribution in [0.2, 0.25) is 0 Å². The van der Waals surface area contributed by atoms with Crippen molar-refractivity contribution in [3.8, 4) is 0 Å². The van der Waals surface area contributed by atoms with Crippen LogP contribution in [0.1, 0.15) is 39.9 Å². The average Bonchev–Trinajstić information content (AvgIpc) is 3.11. The number of amides is 1. The number of rotatable bonds is 3. The number of benzene rings is 2. The predicted molar refractivity (Wildman–Crippen MR) is 115 cm³/mol. The number of likely N-dealkylation sites (tertiary alicyclic amines) is 1. The Bertz CT molecular complexity index is 1130. The largest absolute Gasteiger partial charge is 0.358 e. The number of carbonyl (C=O) groups is 1. The number of sulfonamides is 1. The first-order valence-electron chi connectivity index (χ1n) is 10.5. The molecule has 0 unspecified atom stereocenters. The Labute approximate surface area is 186 Å². The summed E-state index contributed by atoms with van der Waals surface area (Å²) in [5.74, 6) is -2.57. The van der Waals surface area contributed by atoms with Gasteiger partial charge in [0, 0.05) is 32.5 Å². The molecule has 0 aliphatic carbocycles. The van der Waals surface area contributed by atoms with Gasteiger partial charge in [0.15, 0.2) is 0 Å². The molecule has 0 bridgehead atoms. The Morgan fingerprint density at radius 3 is 2.12 bits per heavy atom. The van der Waals surface area contributed by atoms with Gasteiger partial charge >= 0.3 is 0 Å². The van der Waals surface area contributed by atoms with Gasteiger partial charge in [-0.05, 0) is 44.0 Å². The van der Waals surface area contributed by atoms with Crippen molar-refractivity contribution in [3.63, 3.8) is 0 Å². The van der Waals surface area contributed by atoms with Crippen LogP contribution in [0.3, 0.4) is 0 Å². The number of nitrogens with zero attached hydrogens (tertiary/aromatic N) is 2. The lowest BCUT2D eigenvalue weighted by atomic mass is 9.99. The highest BCUT2D eigenvalue weighted by Crippen LogP contribution is 2.40. The van der Waals surface area contributed by atoms with E-state index in [9.17, 15) is 22.0 Å². The number of aryl methyl sites for hydroxylation is 3. The predicted octanol–water partition coefficient (Wildman–Crippen LogP) is 3.54. The first-order chi connectivity index (χ1) is 15.1. The molecule has 0 radical (unpaired) electrons. The number of hydrogen-bond donors (Lipinski definition) is 0. The van der Waals surface area contributed by atoms with Crippen LogP contribution in [0.4, 0.5) is 8.78 Å². The zero-order valence-electron chi connectivity index (χ0n) is 18.3. The maximum Gasteiger partial charge on any atom is 0.259 e. The molecule has 172 valence electrons.